The zero-order valence-electron chi connectivity index (χ0n) is 12.5. The SMILES string of the molecule is CC(C)C1CC(N2CC(N3CCNCC3)C2)CCO1. The molecule has 0 aromatic heterocycles. The summed E-state index contributed by atoms with van der Waals surface area (Å²) in [5, 5.41) is 3.44. The first-order valence-electron chi connectivity index (χ1n) is 8.04. The Bertz CT molecular complexity index is 285. The first kappa shape index (κ1) is 13.8. The lowest BCUT2D eigenvalue weighted by molar-refractivity contribution is -0.0797. The first-order valence-corrected chi connectivity index (χ1v) is 8.04. The zero-order valence-corrected chi connectivity index (χ0v) is 12.5. The maximum Gasteiger partial charge on any atom is 0.0612 e. The van der Waals surface area contributed by atoms with Crippen LogP contribution in [0.2, 0.25) is 0 Å². The van der Waals surface area contributed by atoms with Crippen LogP contribution in [0.25, 0.3) is 0 Å². The van der Waals surface area contributed by atoms with Gasteiger partial charge in [0.15, 0.2) is 0 Å². The molecule has 2 atom stereocenters. The molecule has 110 valence electrons. The third kappa shape index (κ3) is 3.13. The van der Waals surface area contributed by atoms with Crippen molar-refractivity contribution in [3.05, 3.63) is 0 Å². The van der Waals surface area contributed by atoms with Gasteiger partial charge < -0.3 is 10.1 Å². The fraction of sp³-hybridized carbons (Fsp3) is 1.00. The van der Waals surface area contributed by atoms with Gasteiger partial charge in [-0.25, -0.2) is 0 Å². The number of nitrogens with one attached hydrogen (secondary N) is 1. The van der Waals surface area contributed by atoms with Gasteiger partial charge in [-0.1, -0.05) is 13.8 Å². The molecule has 19 heavy (non-hydrogen) atoms. The van der Waals surface area contributed by atoms with E-state index in [0.717, 1.165) is 18.7 Å². The van der Waals surface area contributed by atoms with Gasteiger partial charge in [0.05, 0.1) is 6.10 Å². The van der Waals surface area contributed by atoms with E-state index in [4.69, 9.17) is 4.74 Å². The van der Waals surface area contributed by atoms with Crippen LogP contribution in [0.5, 0.6) is 0 Å². The largest absolute Gasteiger partial charge is 0.378 e. The van der Waals surface area contributed by atoms with Crippen molar-refractivity contribution in [2.24, 2.45) is 5.92 Å². The first-order chi connectivity index (χ1) is 9.24. The molecule has 0 aromatic rings. The number of likely N-dealkylation sites (tertiary alicyclic amines) is 1. The molecular formula is C15H29N3O. The summed E-state index contributed by atoms with van der Waals surface area (Å²) in [6, 6.07) is 1.60. The van der Waals surface area contributed by atoms with Gasteiger partial charge in [0.25, 0.3) is 0 Å². The molecule has 0 radical (unpaired) electrons. The summed E-state index contributed by atoms with van der Waals surface area (Å²) in [7, 11) is 0. The van der Waals surface area contributed by atoms with Gasteiger partial charge in [-0.3, -0.25) is 9.80 Å². The predicted molar refractivity (Wildman–Crippen MR) is 77.4 cm³/mol. The number of hydrogen-bond acceptors (Lipinski definition) is 4. The van der Waals surface area contributed by atoms with Crippen LogP contribution in [0.3, 0.4) is 0 Å². The van der Waals surface area contributed by atoms with E-state index < -0.39 is 0 Å². The third-order valence-corrected chi connectivity index (χ3v) is 5.11. The monoisotopic (exact) mass is 267 g/mol. The molecule has 0 saturated carbocycles. The van der Waals surface area contributed by atoms with Crippen LogP contribution in [0.4, 0.5) is 0 Å². The maximum atomic E-state index is 5.89. The smallest absolute Gasteiger partial charge is 0.0612 e. The Morgan fingerprint density at radius 2 is 1.79 bits per heavy atom. The van der Waals surface area contributed by atoms with Gasteiger partial charge in [-0.15, -0.1) is 0 Å². The Morgan fingerprint density at radius 3 is 2.47 bits per heavy atom. The minimum Gasteiger partial charge on any atom is -0.378 e. The minimum atomic E-state index is 0.483. The number of nitrogens with zero attached hydrogens (tertiary/aromatic N) is 2. The second-order valence-electron chi connectivity index (χ2n) is 6.73. The van der Waals surface area contributed by atoms with Crippen molar-refractivity contribution in [2.75, 3.05) is 45.9 Å². The third-order valence-electron chi connectivity index (χ3n) is 5.11. The Hall–Kier alpha value is -0.160. The molecule has 0 aromatic carbocycles. The van der Waals surface area contributed by atoms with Crippen molar-refractivity contribution in [3.8, 4) is 0 Å². The lowest BCUT2D eigenvalue weighted by Gasteiger charge is -2.51. The van der Waals surface area contributed by atoms with E-state index in [-0.39, 0.29) is 0 Å². The van der Waals surface area contributed by atoms with Crippen LogP contribution in [0.1, 0.15) is 26.7 Å². The summed E-state index contributed by atoms with van der Waals surface area (Å²) in [5.41, 5.74) is 0. The fourth-order valence-corrected chi connectivity index (χ4v) is 3.67. The lowest BCUT2D eigenvalue weighted by Crippen LogP contribution is -2.65. The van der Waals surface area contributed by atoms with Crippen molar-refractivity contribution >= 4 is 0 Å². The van der Waals surface area contributed by atoms with Gasteiger partial charge in [-0.05, 0) is 18.8 Å². The molecule has 1 N–H and O–H groups in total. The zero-order chi connectivity index (χ0) is 13.2. The Labute approximate surface area is 117 Å². The van der Waals surface area contributed by atoms with Crippen molar-refractivity contribution in [2.45, 2.75) is 44.9 Å². The molecule has 4 nitrogen and oxygen atoms in total. The summed E-state index contributed by atoms with van der Waals surface area (Å²) in [5.74, 6) is 0.660. The minimum absolute atomic E-state index is 0.483. The van der Waals surface area contributed by atoms with E-state index >= 15 is 0 Å². The molecule has 3 heterocycles. The highest BCUT2D eigenvalue weighted by atomic mass is 16.5. The quantitative estimate of drug-likeness (QED) is 0.818. The standard InChI is InChI=1S/C15H29N3O/c1-12(2)15-9-13(3-8-19-15)18-10-14(11-18)17-6-4-16-5-7-17/h12-16H,3-11H2,1-2H3. The molecule has 3 fully saturated rings. The average molecular weight is 267 g/mol. The van der Waals surface area contributed by atoms with Crippen LogP contribution >= 0.6 is 0 Å². The Morgan fingerprint density at radius 1 is 1.05 bits per heavy atom. The Balaban J connectivity index is 1.44. The van der Waals surface area contributed by atoms with E-state index in [1.165, 1.54) is 52.1 Å². The molecule has 0 spiro atoms. The van der Waals surface area contributed by atoms with Crippen molar-refractivity contribution in [1.29, 1.82) is 0 Å². The highest BCUT2D eigenvalue weighted by Gasteiger charge is 2.38. The molecule has 2 unspecified atom stereocenters. The maximum absolute atomic E-state index is 5.89. The van der Waals surface area contributed by atoms with Gasteiger partial charge in [0, 0.05) is 58.0 Å². The molecule has 3 rings (SSSR count). The highest BCUT2D eigenvalue weighted by Crippen LogP contribution is 2.28. The predicted octanol–water partition coefficient (Wildman–Crippen LogP) is 0.779. The van der Waals surface area contributed by atoms with Crippen molar-refractivity contribution in [3.63, 3.8) is 0 Å². The summed E-state index contributed by atoms with van der Waals surface area (Å²) < 4.78 is 5.89. The molecule has 3 aliphatic heterocycles. The van der Waals surface area contributed by atoms with Crippen molar-refractivity contribution in [1.82, 2.24) is 15.1 Å². The highest BCUT2D eigenvalue weighted by molar-refractivity contribution is 4.94. The number of rotatable bonds is 3. The molecule has 4 heteroatoms. The number of piperazine rings is 1. The molecule has 0 aliphatic carbocycles. The van der Waals surface area contributed by atoms with E-state index in [2.05, 4.69) is 29.0 Å². The van der Waals surface area contributed by atoms with Gasteiger partial charge in [-0.2, -0.15) is 0 Å². The number of hydrogen-bond donors (Lipinski definition) is 1. The van der Waals surface area contributed by atoms with Crippen LogP contribution < -0.4 is 5.32 Å². The van der Waals surface area contributed by atoms with Crippen LogP contribution in [-0.4, -0.2) is 73.9 Å². The average Bonchev–Trinajstić information content (AvgIpc) is 2.39. The molecule has 0 amide bonds. The molecule has 3 aliphatic rings. The summed E-state index contributed by atoms with van der Waals surface area (Å²) in [4.78, 5) is 5.37. The number of ether oxygens (including phenoxy) is 1. The topological polar surface area (TPSA) is 27.7 Å². The summed E-state index contributed by atoms with van der Waals surface area (Å²) in [6.45, 7) is 12.9. The lowest BCUT2D eigenvalue weighted by atomic mass is 9.91. The van der Waals surface area contributed by atoms with Crippen LogP contribution in [-0.2, 0) is 4.74 Å². The Kier molecular flexibility index (Phi) is 4.42. The van der Waals surface area contributed by atoms with Gasteiger partial charge >= 0.3 is 0 Å². The molecular weight excluding hydrogens is 238 g/mol. The van der Waals surface area contributed by atoms with Crippen LogP contribution in [0, 0.1) is 5.92 Å². The fourth-order valence-electron chi connectivity index (χ4n) is 3.67. The molecule has 0 bridgehead atoms. The van der Waals surface area contributed by atoms with E-state index in [1.807, 2.05) is 0 Å². The summed E-state index contributed by atoms with van der Waals surface area (Å²) >= 11 is 0. The van der Waals surface area contributed by atoms with Gasteiger partial charge in [0.1, 0.15) is 0 Å². The van der Waals surface area contributed by atoms with E-state index in [9.17, 15) is 0 Å². The summed E-state index contributed by atoms with van der Waals surface area (Å²) in [6.07, 6.45) is 2.96. The van der Waals surface area contributed by atoms with Crippen molar-refractivity contribution < 1.29 is 4.74 Å². The van der Waals surface area contributed by atoms with Gasteiger partial charge in [0.2, 0.25) is 0 Å². The normalized spacial score (nSPS) is 35.5. The van der Waals surface area contributed by atoms with E-state index in [1.54, 1.807) is 0 Å². The second-order valence-corrected chi connectivity index (χ2v) is 6.73. The van der Waals surface area contributed by atoms with E-state index in [0.29, 0.717) is 12.0 Å². The second kappa shape index (κ2) is 6.08. The van der Waals surface area contributed by atoms with Crippen LogP contribution in [0.15, 0.2) is 0 Å². The molecule has 3 saturated heterocycles.